The molecule has 0 amide bonds. The van der Waals surface area contributed by atoms with Crippen molar-refractivity contribution in [2.75, 3.05) is 34.5 Å². The summed E-state index contributed by atoms with van der Waals surface area (Å²) >= 11 is 0. The molecule has 1 aliphatic rings. The van der Waals surface area contributed by atoms with E-state index in [4.69, 9.17) is 29.2 Å². The van der Waals surface area contributed by atoms with Gasteiger partial charge in [0.2, 0.25) is 6.29 Å². The fraction of sp³-hybridized carbons (Fsp3) is 0.875. The smallest absolute Gasteiger partial charge is 0.214 e. The summed E-state index contributed by atoms with van der Waals surface area (Å²) in [5.74, 6) is -0.300. The molecule has 0 aliphatic carbocycles. The molecular weight excluding hydrogens is 368 g/mol. The van der Waals surface area contributed by atoms with Gasteiger partial charge in [0.1, 0.15) is 18.3 Å². The molecule has 1 heterocycles. The SMILES string of the molecule is COC(C=O)OC(CO)C(C=O)OC.CO[C@@H]1OC(CO)C(C)[C@H](O)C1O. The van der Waals surface area contributed by atoms with Crippen LogP contribution in [0.25, 0.3) is 0 Å². The van der Waals surface area contributed by atoms with Gasteiger partial charge in [0.25, 0.3) is 0 Å². The fourth-order valence-corrected chi connectivity index (χ4v) is 2.31. The van der Waals surface area contributed by atoms with Crippen LogP contribution < -0.4 is 0 Å². The van der Waals surface area contributed by atoms with Crippen LogP contribution in [0.5, 0.6) is 0 Å². The molecule has 0 aromatic heterocycles. The van der Waals surface area contributed by atoms with E-state index in [0.29, 0.717) is 12.6 Å². The minimum Gasteiger partial charge on any atom is -0.394 e. The van der Waals surface area contributed by atoms with Gasteiger partial charge in [0.15, 0.2) is 18.9 Å². The lowest BCUT2D eigenvalue weighted by atomic mass is 9.91. The summed E-state index contributed by atoms with van der Waals surface area (Å²) in [6.07, 6.45) is -5.35. The van der Waals surface area contributed by atoms with Crippen LogP contribution >= 0.6 is 0 Å². The molecule has 11 heteroatoms. The van der Waals surface area contributed by atoms with E-state index in [1.807, 2.05) is 0 Å². The standard InChI is InChI=1S/C8H14O6.C8H16O5/c1-12-6(3-9)7(4-10)14-8(5-11)13-2;1-4-5(3-9)13-8(12-2)7(11)6(4)10/h3,5-8,10H,4H2,1-2H3;4-11H,3H2,1-2H3/t;4?,5?,6-,7?,8+/m.0/s1. The maximum Gasteiger partial charge on any atom is 0.214 e. The summed E-state index contributed by atoms with van der Waals surface area (Å²) in [6, 6.07) is 0. The van der Waals surface area contributed by atoms with Gasteiger partial charge in [0, 0.05) is 27.2 Å². The van der Waals surface area contributed by atoms with Crippen LogP contribution in [-0.2, 0) is 33.3 Å². The van der Waals surface area contributed by atoms with Gasteiger partial charge in [-0.05, 0) is 0 Å². The highest BCUT2D eigenvalue weighted by Gasteiger charge is 2.41. The molecule has 160 valence electrons. The van der Waals surface area contributed by atoms with Gasteiger partial charge in [-0.2, -0.15) is 0 Å². The number of hydrogen-bond donors (Lipinski definition) is 4. The minimum absolute atomic E-state index is 0.190. The van der Waals surface area contributed by atoms with Crippen molar-refractivity contribution in [2.45, 2.75) is 50.0 Å². The molecule has 0 bridgehead atoms. The maximum atomic E-state index is 10.4. The Morgan fingerprint density at radius 3 is 2.04 bits per heavy atom. The van der Waals surface area contributed by atoms with Crippen LogP contribution in [0.2, 0.25) is 0 Å². The van der Waals surface area contributed by atoms with Crippen molar-refractivity contribution < 1.29 is 53.7 Å². The maximum absolute atomic E-state index is 10.4. The first-order chi connectivity index (χ1) is 12.8. The number of rotatable bonds is 10. The zero-order chi connectivity index (χ0) is 21.0. The molecule has 8 atom stereocenters. The highest BCUT2D eigenvalue weighted by atomic mass is 16.7. The van der Waals surface area contributed by atoms with Crippen LogP contribution in [-0.4, -0.2) is 111 Å². The van der Waals surface area contributed by atoms with Crippen LogP contribution in [0.1, 0.15) is 6.92 Å². The predicted molar refractivity (Wildman–Crippen MR) is 89.6 cm³/mol. The van der Waals surface area contributed by atoms with Gasteiger partial charge in [-0.3, -0.25) is 4.79 Å². The zero-order valence-electron chi connectivity index (χ0n) is 15.8. The molecule has 0 saturated carbocycles. The number of aliphatic hydroxyl groups is 4. The summed E-state index contributed by atoms with van der Waals surface area (Å²) in [5, 5.41) is 36.7. The van der Waals surface area contributed by atoms with Gasteiger partial charge in [0.05, 0.1) is 25.4 Å². The van der Waals surface area contributed by atoms with E-state index in [-0.39, 0.29) is 12.5 Å². The van der Waals surface area contributed by atoms with Gasteiger partial charge in [-0.1, -0.05) is 6.92 Å². The minimum atomic E-state index is -1.11. The fourth-order valence-electron chi connectivity index (χ4n) is 2.31. The number of aliphatic hydroxyl groups excluding tert-OH is 4. The molecule has 1 fully saturated rings. The third kappa shape index (κ3) is 7.86. The van der Waals surface area contributed by atoms with E-state index in [2.05, 4.69) is 4.74 Å². The monoisotopic (exact) mass is 398 g/mol. The second-order valence-electron chi connectivity index (χ2n) is 5.74. The van der Waals surface area contributed by atoms with Crippen molar-refractivity contribution in [3.63, 3.8) is 0 Å². The third-order valence-electron chi connectivity index (χ3n) is 4.08. The highest BCUT2D eigenvalue weighted by Crippen LogP contribution is 2.25. The Hall–Kier alpha value is -1.02. The van der Waals surface area contributed by atoms with Crippen molar-refractivity contribution in [1.82, 2.24) is 0 Å². The zero-order valence-corrected chi connectivity index (χ0v) is 15.8. The van der Waals surface area contributed by atoms with Crippen LogP contribution in [0.15, 0.2) is 0 Å². The average Bonchev–Trinajstić information content (AvgIpc) is 2.70. The number of hydrogen-bond acceptors (Lipinski definition) is 11. The molecular formula is C16H30O11. The van der Waals surface area contributed by atoms with Crippen molar-refractivity contribution in [1.29, 1.82) is 0 Å². The van der Waals surface area contributed by atoms with Crippen molar-refractivity contribution >= 4 is 12.6 Å². The Labute approximate surface area is 157 Å². The normalized spacial score (nSPS) is 31.2. The van der Waals surface area contributed by atoms with Gasteiger partial charge in [-0.15, -0.1) is 0 Å². The Morgan fingerprint density at radius 2 is 1.67 bits per heavy atom. The summed E-state index contributed by atoms with van der Waals surface area (Å²) in [4.78, 5) is 20.8. The van der Waals surface area contributed by atoms with E-state index < -0.39 is 49.7 Å². The van der Waals surface area contributed by atoms with E-state index in [1.54, 1.807) is 6.92 Å². The lowest BCUT2D eigenvalue weighted by molar-refractivity contribution is -0.280. The molecule has 0 radical (unpaired) electrons. The molecule has 0 spiro atoms. The molecule has 4 N–H and O–H groups in total. The summed E-state index contributed by atoms with van der Waals surface area (Å²) in [6.45, 7) is 1.08. The summed E-state index contributed by atoms with van der Waals surface area (Å²) in [7, 11) is 3.95. The molecule has 0 aromatic carbocycles. The van der Waals surface area contributed by atoms with Gasteiger partial charge < -0.3 is 48.9 Å². The van der Waals surface area contributed by atoms with Crippen LogP contribution in [0, 0.1) is 5.92 Å². The lowest BCUT2D eigenvalue weighted by Gasteiger charge is -2.40. The van der Waals surface area contributed by atoms with E-state index in [1.165, 1.54) is 21.3 Å². The van der Waals surface area contributed by atoms with E-state index in [0.717, 1.165) is 0 Å². The Morgan fingerprint density at radius 1 is 1.04 bits per heavy atom. The van der Waals surface area contributed by atoms with Crippen LogP contribution in [0.4, 0.5) is 0 Å². The summed E-state index contributed by atoms with van der Waals surface area (Å²) < 4.78 is 24.3. The Bertz CT molecular complexity index is 388. The second kappa shape index (κ2) is 14.0. The molecule has 11 nitrogen and oxygen atoms in total. The van der Waals surface area contributed by atoms with Crippen LogP contribution in [0.3, 0.4) is 0 Å². The van der Waals surface area contributed by atoms with Crippen molar-refractivity contribution in [3.8, 4) is 0 Å². The molecule has 6 unspecified atom stereocenters. The quantitative estimate of drug-likeness (QED) is 0.227. The highest BCUT2D eigenvalue weighted by molar-refractivity contribution is 5.57. The first kappa shape index (κ1) is 26.0. The Kier molecular flexibility index (Phi) is 13.5. The predicted octanol–water partition coefficient (Wildman–Crippen LogP) is -2.54. The Balaban J connectivity index is 0.000000501. The lowest BCUT2D eigenvalue weighted by Crippen LogP contribution is -2.55. The number of aldehydes is 2. The molecule has 0 aromatic rings. The van der Waals surface area contributed by atoms with Crippen molar-refractivity contribution in [3.05, 3.63) is 0 Å². The first-order valence-corrected chi connectivity index (χ1v) is 8.22. The van der Waals surface area contributed by atoms with E-state index >= 15 is 0 Å². The molecule has 1 saturated heterocycles. The van der Waals surface area contributed by atoms with Gasteiger partial charge >= 0.3 is 0 Å². The number of ether oxygens (including phenoxy) is 5. The van der Waals surface area contributed by atoms with Crippen molar-refractivity contribution in [2.24, 2.45) is 5.92 Å². The molecule has 27 heavy (non-hydrogen) atoms. The number of methoxy groups -OCH3 is 3. The molecule has 1 aliphatic heterocycles. The van der Waals surface area contributed by atoms with E-state index in [9.17, 15) is 19.8 Å². The summed E-state index contributed by atoms with van der Waals surface area (Å²) in [5.41, 5.74) is 0. The number of carbonyl (C=O) groups is 2. The third-order valence-corrected chi connectivity index (χ3v) is 4.08. The van der Waals surface area contributed by atoms with Gasteiger partial charge in [-0.25, -0.2) is 0 Å². The largest absolute Gasteiger partial charge is 0.394 e. The number of carbonyl (C=O) groups excluding carboxylic acids is 2. The second-order valence-corrected chi connectivity index (χ2v) is 5.74. The average molecular weight is 398 g/mol. The molecule has 1 rings (SSSR count). The topological polar surface area (TPSA) is 161 Å². The first-order valence-electron chi connectivity index (χ1n) is 8.22.